The van der Waals surface area contributed by atoms with Crippen molar-refractivity contribution in [1.82, 2.24) is 0 Å². The summed E-state index contributed by atoms with van der Waals surface area (Å²) in [5, 5.41) is 0. The number of carbonyl (C=O) groups excluding carboxylic acids is 2. The Morgan fingerprint density at radius 2 is 0.812 bits per heavy atom. The molecule has 0 N–H and O–H groups in total. The third-order valence-electron chi connectivity index (χ3n) is 3.64. The summed E-state index contributed by atoms with van der Waals surface area (Å²) < 4.78 is 63.5. The van der Waals surface area contributed by atoms with E-state index in [-0.39, 0.29) is 11.6 Å². The topological polar surface area (TPSA) is 34.1 Å². The Morgan fingerprint density at radius 1 is 0.469 bits per heavy atom. The Hall–Kier alpha value is -4.30. The molecule has 0 aromatic heterocycles. The lowest BCUT2D eigenvalue weighted by Gasteiger charge is -1.92. The van der Waals surface area contributed by atoms with Gasteiger partial charge in [-0.2, -0.15) is 0 Å². The molecular weight excluding hydrogens is 392 g/mol. The van der Waals surface area contributed by atoms with Crippen LogP contribution in [0.1, 0.15) is 31.7 Å². The van der Waals surface area contributed by atoms with Crippen molar-refractivity contribution in [2.45, 2.75) is 0 Å². The summed E-state index contributed by atoms with van der Waals surface area (Å²) in [6.45, 7) is 0. The predicted molar refractivity (Wildman–Crippen MR) is 135 cm³/mol. The van der Waals surface area contributed by atoms with Crippen molar-refractivity contribution in [2.75, 3.05) is 0 Å². The zero-order valence-electron chi connectivity index (χ0n) is 25.2. The van der Waals surface area contributed by atoms with Crippen molar-refractivity contribution in [1.29, 1.82) is 0 Å². The van der Waals surface area contributed by atoms with Crippen molar-refractivity contribution in [2.24, 2.45) is 0 Å². The number of benzene rings is 2. The van der Waals surface area contributed by atoms with E-state index >= 15 is 0 Å². The molecule has 0 unspecified atom stereocenters. The maximum absolute atomic E-state index is 12.1. The van der Waals surface area contributed by atoms with E-state index in [0.717, 1.165) is 36.5 Å². The molecule has 2 aromatic rings. The van der Waals surface area contributed by atoms with Crippen LogP contribution in [0.15, 0.2) is 158 Å². The normalized spacial score (nSPS) is 18.9. The first kappa shape index (κ1) is 14.7. The highest BCUT2D eigenvalue weighted by Gasteiger charge is 1.98. The molecule has 0 fully saturated rings. The smallest absolute Gasteiger partial charge is 0.185 e. The monoisotopic (exact) mass is 426 g/mol. The van der Waals surface area contributed by atoms with Crippen LogP contribution >= 0.6 is 0 Å². The zero-order chi connectivity index (χ0) is 29.7. The molecule has 0 radical (unpaired) electrons. The van der Waals surface area contributed by atoms with Gasteiger partial charge in [0.05, 0.1) is 11.0 Å². The molecule has 2 aromatic carbocycles. The summed E-state index contributed by atoms with van der Waals surface area (Å²) in [4.78, 5) is 24.2. The van der Waals surface area contributed by atoms with Crippen LogP contribution in [0.25, 0.3) is 0 Å². The quantitative estimate of drug-likeness (QED) is 0.216. The van der Waals surface area contributed by atoms with Crippen LogP contribution in [0.2, 0.25) is 0 Å². The Balaban J connectivity index is 2.09. The molecule has 0 heterocycles. The molecule has 158 valence electrons. The van der Waals surface area contributed by atoms with Crippen molar-refractivity contribution in [3.8, 4) is 0 Å². The van der Waals surface area contributed by atoms with Crippen LogP contribution in [-0.4, -0.2) is 11.6 Å². The number of carbonyl (C=O) groups is 2. The number of allylic oxidation sites excluding steroid dienone is 16. The van der Waals surface area contributed by atoms with E-state index in [9.17, 15) is 9.59 Å². The van der Waals surface area contributed by atoms with E-state index in [1.807, 2.05) is 0 Å². The molecular formula is C30H26O2. The van der Waals surface area contributed by atoms with Crippen molar-refractivity contribution >= 4 is 11.6 Å². The second-order valence-corrected chi connectivity index (χ2v) is 5.92. The fraction of sp³-hybridized carbons (Fsp3) is 0. The van der Waals surface area contributed by atoms with Crippen molar-refractivity contribution in [3.05, 3.63) is 169 Å². The Morgan fingerprint density at radius 3 is 1.19 bits per heavy atom. The molecule has 0 spiro atoms. The summed E-state index contributed by atoms with van der Waals surface area (Å²) in [5.74, 6) is -0.726. The van der Waals surface area contributed by atoms with Gasteiger partial charge < -0.3 is 0 Å². The van der Waals surface area contributed by atoms with E-state index in [4.69, 9.17) is 11.0 Å². The average Bonchev–Trinajstić information content (AvgIpc) is 2.99. The van der Waals surface area contributed by atoms with Crippen LogP contribution in [0, 0.1) is 0 Å². The van der Waals surface area contributed by atoms with Crippen molar-refractivity contribution in [3.63, 3.8) is 0 Å². The first-order valence-electron chi connectivity index (χ1n) is 13.6. The lowest BCUT2D eigenvalue weighted by Crippen LogP contribution is -1.92. The summed E-state index contributed by atoms with van der Waals surface area (Å²) in [6, 6.07) is 12.9. The third kappa shape index (κ3) is 10.5. The van der Waals surface area contributed by atoms with Gasteiger partial charge in [0.1, 0.15) is 0 Å². The van der Waals surface area contributed by atoms with Gasteiger partial charge in [0.25, 0.3) is 0 Å². The zero-order valence-corrected chi connectivity index (χ0v) is 17.2. The third-order valence-corrected chi connectivity index (χ3v) is 3.64. The van der Waals surface area contributed by atoms with E-state index in [1.165, 1.54) is 12.2 Å². The van der Waals surface area contributed by atoms with Gasteiger partial charge in [-0.3, -0.25) is 9.59 Å². The fourth-order valence-corrected chi connectivity index (χ4v) is 2.15. The molecule has 0 bridgehead atoms. The van der Waals surface area contributed by atoms with Gasteiger partial charge >= 0.3 is 0 Å². The molecule has 0 aliphatic rings. The summed E-state index contributed by atoms with van der Waals surface area (Å²) in [7, 11) is 0. The minimum atomic E-state index is -0.559. The highest BCUT2D eigenvalue weighted by molar-refractivity contribution is 6.05. The SMILES string of the molecule is [2H]C(/C=C/C=C/C([2H])=C([2H])/C([2H])=C([2H])/C=C/C(=O)c1ccccc1)=C([2H])\C([2H])=C([2H])\C=C\C(=O)c1ccccc1. The summed E-state index contributed by atoms with van der Waals surface area (Å²) >= 11 is 0. The average molecular weight is 427 g/mol. The lowest BCUT2D eigenvalue weighted by atomic mass is 10.1. The highest BCUT2D eigenvalue weighted by Crippen LogP contribution is 2.01. The molecule has 0 amide bonds. The number of hydrogen-bond donors (Lipinski definition) is 0. The summed E-state index contributed by atoms with van der Waals surface area (Å²) in [6.07, 6.45) is 9.32. The second-order valence-electron chi connectivity index (χ2n) is 5.92. The first-order valence-corrected chi connectivity index (χ1v) is 9.63. The molecule has 0 saturated heterocycles. The van der Waals surface area contributed by atoms with E-state index in [0.29, 0.717) is 11.1 Å². The van der Waals surface area contributed by atoms with Gasteiger partial charge in [-0.05, 0) is 12.2 Å². The molecule has 32 heavy (non-hydrogen) atoms. The minimum absolute atomic E-state index is 0.363. The van der Waals surface area contributed by atoms with Crippen LogP contribution < -0.4 is 0 Å². The van der Waals surface area contributed by atoms with Gasteiger partial charge in [0.15, 0.2) is 11.6 Å². The van der Waals surface area contributed by atoms with Gasteiger partial charge in [0.2, 0.25) is 0 Å². The standard InChI is InChI=1S/C30H26O2/c31-29(27-21-15-13-16-22-27)25-19-11-9-7-5-3-1-2-4-6-8-10-12-20-26-30(32)28-23-17-14-18-24-28/h1-26H/b3-1+,4-2+,7-5+,8-6+,11-9+,12-10+,25-19+,26-20+/i5D,6D,7D,8D,9D,10D,11D,12D. The van der Waals surface area contributed by atoms with Gasteiger partial charge in [-0.15, -0.1) is 0 Å². The molecule has 2 heteroatoms. The van der Waals surface area contributed by atoms with Crippen molar-refractivity contribution < 1.29 is 20.6 Å². The largest absolute Gasteiger partial charge is 0.289 e. The maximum atomic E-state index is 12.1. The number of hydrogen-bond acceptors (Lipinski definition) is 2. The molecule has 0 aliphatic carbocycles. The van der Waals surface area contributed by atoms with E-state index < -0.39 is 48.4 Å². The Labute approximate surface area is 201 Å². The Bertz CT molecular complexity index is 1360. The Kier molecular flexibility index (Phi) is 7.11. The van der Waals surface area contributed by atoms with E-state index in [2.05, 4.69) is 0 Å². The second kappa shape index (κ2) is 15.5. The van der Waals surface area contributed by atoms with Crippen LogP contribution in [-0.2, 0) is 0 Å². The maximum Gasteiger partial charge on any atom is 0.185 e. The molecule has 0 aliphatic heterocycles. The fourth-order valence-electron chi connectivity index (χ4n) is 2.15. The highest BCUT2D eigenvalue weighted by atomic mass is 16.1. The van der Waals surface area contributed by atoms with Crippen LogP contribution in [0.4, 0.5) is 0 Å². The van der Waals surface area contributed by atoms with E-state index in [1.54, 1.807) is 60.7 Å². The molecule has 0 atom stereocenters. The summed E-state index contributed by atoms with van der Waals surface area (Å²) in [5.41, 5.74) is 0.826. The predicted octanol–water partition coefficient (Wildman–Crippen LogP) is 7.20. The van der Waals surface area contributed by atoms with Crippen LogP contribution in [0.3, 0.4) is 0 Å². The van der Waals surface area contributed by atoms with Gasteiger partial charge in [-0.25, -0.2) is 0 Å². The lowest BCUT2D eigenvalue weighted by molar-refractivity contribution is 0.103. The first-order chi connectivity index (χ1) is 19.0. The minimum Gasteiger partial charge on any atom is -0.289 e. The molecule has 2 rings (SSSR count). The number of ketones is 2. The van der Waals surface area contributed by atoms with Crippen LogP contribution in [0.5, 0.6) is 0 Å². The van der Waals surface area contributed by atoms with Gasteiger partial charge in [0, 0.05) is 11.1 Å². The molecule has 0 saturated carbocycles. The number of rotatable bonds is 11. The van der Waals surface area contributed by atoms with Gasteiger partial charge in [-0.1, -0.05) is 146 Å². The molecule has 2 nitrogen and oxygen atoms in total.